The van der Waals surface area contributed by atoms with Gasteiger partial charge in [0.1, 0.15) is 0 Å². The van der Waals surface area contributed by atoms with Crippen LogP contribution >= 0.6 is 11.6 Å². The minimum atomic E-state index is 0.733. The largest absolute Gasteiger partial charge is 0.278 e. The maximum Gasteiger partial charge on any atom is 0.0665 e. The van der Waals surface area contributed by atoms with E-state index < -0.39 is 0 Å². The first kappa shape index (κ1) is 8.57. The SMILES string of the molecule is C1CC1.Clc1ccc2cn[nH]c2c1. The van der Waals surface area contributed by atoms with E-state index in [9.17, 15) is 0 Å². The third kappa shape index (κ3) is 2.46. The summed E-state index contributed by atoms with van der Waals surface area (Å²) in [6.45, 7) is 0. The number of H-pyrrole nitrogens is 1. The van der Waals surface area contributed by atoms with Crippen LogP contribution in [0.25, 0.3) is 10.9 Å². The van der Waals surface area contributed by atoms with Crippen LogP contribution in [0.1, 0.15) is 19.3 Å². The van der Waals surface area contributed by atoms with Gasteiger partial charge in [-0.25, -0.2) is 0 Å². The predicted octanol–water partition coefficient (Wildman–Crippen LogP) is 3.39. The van der Waals surface area contributed by atoms with Crippen LogP contribution in [-0.4, -0.2) is 10.2 Å². The molecular formula is C10H11ClN2. The molecule has 1 aromatic heterocycles. The van der Waals surface area contributed by atoms with Crippen molar-refractivity contribution in [1.82, 2.24) is 10.2 Å². The topological polar surface area (TPSA) is 28.7 Å². The van der Waals surface area contributed by atoms with Gasteiger partial charge in [-0.2, -0.15) is 5.10 Å². The first-order valence-electron chi connectivity index (χ1n) is 4.45. The summed E-state index contributed by atoms with van der Waals surface area (Å²) in [4.78, 5) is 0. The van der Waals surface area contributed by atoms with Gasteiger partial charge in [0.2, 0.25) is 0 Å². The standard InChI is InChI=1S/C7H5ClN2.C3H6/c8-6-2-1-5-4-9-10-7(5)3-6;1-2-3-1/h1-4H,(H,9,10);1-3H2. The number of nitrogens with zero attached hydrogens (tertiary/aromatic N) is 1. The van der Waals surface area contributed by atoms with Crippen LogP contribution in [0.3, 0.4) is 0 Å². The fourth-order valence-electron chi connectivity index (χ4n) is 0.909. The van der Waals surface area contributed by atoms with E-state index in [4.69, 9.17) is 11.6 Å². The van der Waals surface area contributed by atoms with Gasteiger partial charge in [0.25, 0.3) is 0 Å². The van der Waals surface area contributed by atoms with E-state index in [0.29, 0.717) is 0 Å². The highest BCUT2D eigenvalue weighted by Crippen LogP contribution is 2.15. The molecule has 0 bridgehead atoms. The molecule has 1 saturated carbocycles. The van der Waals surface area contributed by atoms with E-state index >= 15 is 0 Å². The minimum Gasteiger partial charge on any atom is -0.278 e. The molecule has 13 heavy (non-hydrogen) atoms. The molecule has 0 aliphatic heterocycles. The van der Waals surface area contributed by atoms with Crippen LogP contribution in [0.2, 0.25) is 5.02 Å². The van der Waals surface area contributed by atoms with Crippen LogP contribution in [0.15, 0.2) is 24.4 Å². The first-order valence-corrected chi connectivity index (χ1v) is 4.83. The van der Waals surface area contributed by atoms with E-state index in [1.54, 1.807) is 6.20 Å². The van der Waals surface area contributed by atoms with Gasteiger partial charge in [-0.05, 0) is 18.2 Å². The molecule has 3 heteroatoms. The van der Waals surface area contributed by atoms with Crippen molar-refractivity contribution in [3.8, 4) is 0 Å². The van der Waals surface area contributed by atoms with Crippen molar-refractivity contribution >= 4 is 22.5 Å². The van der Waals surface area contributed by atoms with Gasteiger partial charge < -0.3 is 0 Å². The molecule has 2 nitrogen and oxygen atoms in total. The van der Waals surface area contributed by atoms with E-state index in [1.807, 2.05) is 18.2 Å². The summed E-state index contributed by atoms with van der Waals surface area (Å²) in [6.07, 6.45) is 6.27. The molecule has 2 aromatic rings. The number of halogens is 1. The maximum absolute atomic E-state index is 5.73. The number of aromatic nitrogens is 2. The average molecular weight is 195 g/mol. The number of hydrogen-bond acceptors (Lipinski definition) is 1. The second-order valence-electron chi connectivity index (χ2n) is 3.16. The van der Waals surface area contributed by atoms with Gasteiger partial charge in [0, 0.05) is 10.4 Å². The van der Waals surface area contributed by atoms with Gasteiger partial charge in [-0.3, -0.25) is 5.10 Å². The molecule has 0 spiro atoms. The monoisotopic (exact) mass is 194 g/mol. The van der Waals surface area contributed by atoms with Gasteiger partial charge in [-0.15, -0.1) is 0 Å². The lowest BCUT2D eigenvalue weighted by Crippen LogP contribution is -1.66. The molecule has 0 saturated heterocycles. The Labute approximate surface area is 81.9 Å². The van der Waals surface area contributed by atoms with Gasteiger partial charge in [0.15, 0.2) is 0 Å². The van der Waals surface area contributed by atoms with Gasteiger partial charge in [-0.1, -0.05) is 30.9 Å². The quantitative estimate of drug-likeness (QED) is 0.684. The van der Waals surface area contributed by atoms with E-state index in [1.165, 1.54) is 19.3 Å². The van der Waals surface area contributed by atoms with Crippen molar-refractivity contribution in [3.63, 3.8) is 0 Å². The number of benzene rings is 1. The second kappa shape index (κ2) is 3.79. The second-order valence-corrected chi connectivity index (χ2v) is 3.60. The lowest BCUT2D eigenvalue weighted by atomic mass is 10.3. The Kier molecular flexibility index (Phi) is 2.50. The summed E-state index contributed by atoms with van der Waals surface area (Å²) in [5.41, 5.74) is 0.979. The van der Waals surface area contributed by atoms with Crippen LogP contribution in [0, 0.1) is 0 Å². The minimum absolute atomic E-state index is 0.733. The number of fused-ring (bicyclic) bond motifs is 1. The molecule has 1 fully saturated rings. The van der Waals surface area contributed by atoms with Crippen molar-refractivity contribution in [1.29, 1.82) is 0 Å². The Hall–Kier alpha value is -1.02. The highest BCUT2D eigenvalue weighted by atomic mass is 35.5. The van der Waals surface area contributed by atoms with E-state index in [2.05, 4.69) is 10.2 Å². The van der Waals surface area contributed by atoms with Crippen LogP contribution in [0.4, 0.5) is 0 Å². The molecule has 0 unspecified atom stereocenters. The van der Waals surface area contributed by atoms with Crippen molar-refractivity contribution in [3.05, 3.63) is 29.4 Å². The highest BCUT2D eigenvalue weighted by molar-refractivity contribution is 6.31. The first-order chi connectivity index (χ1) is 6.36. The van der Waals surface area contributed by atoms with Gasteiger partial charge >= 0.3 is 0 Å². The van der Waals surface area contributed by atoms with E-state index in [-0.39, 0.29) is 0 Å². The van der Waals surface area contributed by atoms with Crippen LogP contribution < -0.4 is 0 Å². The fourth-order valence-corrected chi connectivity index (χ4v) is 1.08. The van der Waals surface area contributed by atoms with Crippen molar-refractivity contribution < 1.29 is 0 Å². The summed E-state index contributed by atoms with van der Waals surface area (Å²) in [7, 11) is 0. The summed E-state index contributed by atoms with van der Waals surface area (Å²) in [5.74, 6) is 0. The maximum atomic E-state index is 5.73. The molecule has 1 N–H and O–H groups in total. The van der Waals surface area contributed by atoms with E-state index in [0.717, 1.165) is 15.9 Å². The molecule has 3 rings (SSSR count). The highest BCUT2D eigenvalue weighted by Gasteiger charge is 1.95. The molecule has 1 aliphatic carbocycles. The Balaban J connectivity index is 0.000000185. The predicted molar refractivity (Wildman–Crippen MR) is 55.0 cm³/mol. The number of rotatable bonds is 0. The Bertz CT molecular complexity index is 390. The van der Waals surface area contributed by atoms with Crippen molar-refractivity contribution in [2.75, 3.05) is 0 Å². The summed E-state index contributed by atoms with van der Waals surface area (Å²) >= 11 is 5.73. The molecule has 0 atom stereocenters. The normalized spacial score (nSPS) is 13.6. The van der Waals surface area contributed by atoms with Crippen LogP contribution in [-0.2, 0) is 0 Å². The van der Waals surface area contributed by atoms with Gasteiger partial charge in [0.05, 0.1) is 11.7 Å². The molecule has 1 heterocycles. The lowest BCUT2D eigenvalue weighted by Gasteiger charge is -1.87. The third-order valence-electron chi connectivity index (χ3n) is 1.76. The molecule has 0 radical (unpaired) electrons. The summed E-state index contributed by atoms with van der Waals surface area (Å²) in [5, 5.41) is 8.51. The summed E-state index contributed by atoms with van der Waals surface area (Å²) in [6, 6.07) is 5.63. The number of nitrogens with one attached hydrogen (secondary N) is 1. The molecule has 1 aromatic carbocycles. The lowest BCUT2D eigenvalue weighted by molar-refractivity contribution is 1.12. The zero-order valence-corrected chi connectivity index (χ0v) is 8.01. The smallest absolute Gasteiger partial charge is 0.0665 e. The third-order valence-corrected chi connectivity index (χ3v) is 1.99. The summed E-state index contributed by atoms with van der Waals surface area (Å²) < 4.78 is 0. The van der Waals surface area contributed by atoms with Crippen molar-refractivity contribution in [2.45, 2.75) is 19.3 Å². The Morgan fingerprint density at radius 2 is 2.00 bits per heavy atom. The van der Waals surface area contributed by atoms with Crippen LogP contribution in [0.5, 0.6) is 0 Å². The number of aromatic amines is 1. The zero-order valence-electron chi connectivity index (χ0n) is 7.26. The molecule has 68 valence electrons. The fraction of sp³-hybridized carbons (Fsp3) is 0.300. The molecule has 0 amide bonds. The Morgan fingerprint density at radius 1 is 1.23 bits per heavy atom. The average Bonchev–Trinajstić information content (AvgIpc) is 2.93. The number of hydrogen-bond donors (Lipinski definition) is 1. The molecular weight excluding hydrogens is 184 g/mol. The molecule has 1 aliphatic rings. The zero-order chi connectivity index (χ0) is 9.10. The van der Waals surface area contributed by atoms with Crippen molar-refractivity contribution in [2.24, 2.45) is 0 Å². The Morgan fingerprint density at radius 3 is 2.69 bits per heavy atom.